The van der Waals surface area contributed by atoms with Gasteiger partial charge in [0.15, 0.2) is 0 Å². The van der Waals surface area contributed by atoms with Crippen LogP contribution in [0.1, 0.15) is 52.0 Å². The van der Waals surface area contributed by atoms with Gasteiger partial charge in [-0.2, -0.15) is 4.31 Å². The highest BCUT2D eigenvalue weighted by Gasteiger charge is 2.31. The van der Waals surface area contributed by atoms with Gasteiger partial charge in [0.1, 0.15) is 17.1 Å². The number of piperidine rings is 1. The van der Waals surface area contributed by atoms with E-state index >= 15 is 0 Å². The van der Waals surface area contributed by atoms with E-state index in [4.69, 9.17) is 14.5 Å². The molecule has 10 nitrogen and oxygen atoms in total. The van der Waals surface area contributed by atoms with Gasteiger partial charge in [-0.05, 0) is 62.8 Å². The summed E-state index contributed by atoms with van der Waals surface area (Å²) in [6.07, 6.45) is 5.05. The van der Waals surface area contributed by atoms with Crippen LogP contribution in [0.5, 0.6) is 5.75 Å². The van der Waals surface area contributed by atoms with Gasteiger partial charge in [-0.3, -0.25) is 9.59 Å². The normalized spacial score (nSPS) is 15.2. The highest BCUT2D eigenvalue weighted by molar-refractivity contribution is 7.89. The summed E-state index contributed by atoms with van der Waals surface area (Å²) in [6.45, 7) is 7.01. The van der Waals surface area contributed by atoms with Crippen molar-refractivity contribution >= 4 is 27.0 Å². The molecule has 1 saturated heterocycles. The number of ether oxygens (including phenoxy) is 2. The Bertz CT molecular complexity index is 1470. The van der Waals surface area contributed by atoms with Crippen LogP contribution in [-0.2, 0) is 33.0 Å². The molecular weight excluding hydrogens is 508 g/mol. The van der Waals surface area contributed by atoms with Crippen LogP contribution in [0.25, 0.3) is 22.4 Å². The van der Waals surface area contributed by atoms with E-state index in [1.807, 2.05) is 20.2 Å². The zero-order valence-corrected chi connectivity index (χ0v) is 23.3. The maximum Gasteiger partial charge on any atom is 0.306 e. The minimum Gasteiger partial charge on any atom is -0.493 e. The number of carbonyl (C=O) groups excluding carboxylic acids is 1. The summed E-state index contributed by atoms with van der Waals surface area (Å²) in [5, 5.41) is 0. The number of nitrogens with one attached hydrogen (secondary N) is 1. The lowest BCUT2D eigenvalue weighted by Crippen LogP contribution is -2.39. The minimum absolute atomic E-state index is 0.0978. The Morgan fingerprint density at radius 3 is 2.55 bits per heavy atom. The average Bonchev–Trinajstić information content (AvgIpc) is 3.20. The number of hydrogen-bond acceptors (Lipinski definition) is 7. The number of sulfonamides is 1. The second-order valence-corrected chi connectivity index (χ2v) is 11.5. The molecule has 11 heteroatoms. The lowest BCUT2D eigenvalue weighted by atomic mass is 9.95. The molecule has 206 valence electrons. The maximum absolute atomic E-state index is 13.6. The fourth-order valence-electron chi connectivity index (χ4n) is 5.05. The van der Waals surface area contributed by atoms with Gasteiger partial charge < -0.3 is 19.0 Å². The van der Waals surface area contributed by atoms with Crippen LogP contribution in [0.15, 0.2) is 34.1 Å². The summed E-state index contributed by atoms with van der Waals surface area (Å²) in [5.41, 5.74) is 2.16. The Hall–Kier alpha value is -3.18. The molecule has 0 bridgehead atoms. The third-order valence-electron chi connectivity index (χ3n) is 6.90. The summed E-state index contributed by atoms with van der Waals surface area (Å²) in [5.74, 6) is 0.555. The number of esters is 1. The number of benzene rings is 1. The van der Waals surface area contributed by atoms with Crippen LogP contribution >= 0.6 is 0 Å². The Balaban J connectivity index is 1.68. The second kappa shape index (κ2) is 11.7. The van der Waals surface area contributed by atoms with Crippen molar-refractivity contribution in [2.45, 2.75) is 57.8 Å². The van der Waals surface area contributed by atoms with E-state index in [1.165, 1.54) is 16.4 Å². The summed E-state index contributed by atoms with van der Waals surface area (Å²) < 4.78 is 41.2. The molecule has 0 unspecified atom stereocenters. The van der Waals surface area contributed by atoms with Gasteiger partial charge in [-0.15, -0.1) is 0 Å². The molecule has 0 saturated carbocycles. The van der Waals surface area contributed by atoms with Crippen molar-refractivity contribution in [2.75, 3.05) is 26.3 Å². The Morgan fingerprint density at radius 2 is 1.89 bits per heavy atom. The molecule has 3 heterocycles. The smallest absolute Gasteiger partial charge is 0.306 e. The van der Waals surface area contributed by atoms with Gasteiger partial charge in [0, 0.05) is 32.8 Å². The zero-order chi connectivity index (χ0) is 27.4. The summed E-state index contributed by atoms with van der Waals surface area (Å²) in [7, 11) is -2.00. The third-order valence-corrected chi connectivity index (χ3v) is 8.79. The molecule has 1 N–H and O–H groups in total. The molecule has 3 aromatic rings. The molecule has 0 radical (unpaired) electrons. The molecule has 1 aliphatic rings. The van der Waals surface area contributed by atoms with Crippen LogP contribution in [-0.4, -0.2) is 59.5 Å². The number of H-pyrrole nitrogens is 1. The van der Waals surface area contributed by atoms with Crippen molar-refractivity contribution in [3.63, 3.8) is 0 Å². The van der Waals surface area contributed by atoms with Gasteiger partial charge in [0.05, 0.1) is 29.2 Å². The molecule has 0 amide bonds. The predicted molar refractivity (Wildman–Crippen MR) is 145 cm³/mol. The fourth-order valence-corrected chi connectivity index (χ4v) is 6.55. The molecule has 1 aromatic carbocycles. The second-order valence-electron chi connectivity index (χ2n) is 9.57. The standard InChI is InChI=1S/C27H36N4O6S/c1-5-8-19-17-30(4)25-24(19)28-26(29-27(25)33)21-16-20(9-10-22(21)36-6-2)38(34,35)31-13-11-18(12-14-31)15-23(32)37-7-3/h9-10,16-18H,5-8,11-15H2,1-4H3,(H,28,29,33). The molecule has 1 fully saturated rings. The molecule has 1 aliphatic heterocycles. The molecule has 4 rings (SSSR count). The summed E-state index contributed by atoms with van der Waals surface area (Å²) in [6, 6.07) is 4.66. The highest BCUT2D eigenvalue weighted by atomic mass is 32.2. The fraction of sp³-hybridized carbons (Fsp3) is 0.519. The number of rotatable bonds is 10. The summed E-state index contributed by atoms with van der Waals surface area (Å²) >= 11 is 0. The van der Waals surface area contributed by atoms with Gasteiger partial charge >= 0.3 is 5.97 Å². The number of aryl methyl sites for hydroxylation is 2. The first-order valence-electron chi connectivity index (χ1n) is 13.2. The average molecular weight is 545 g/mol. The zero-order valence-electron chi connectivity index (χ0n) is 22.5. The predicted octanol–water partition coefficient (Wildman–Crippen LogP) is 3.63. The van der Waals surface area contributed by atoms with Gasteiger partial charge in [-0.1, -0.05) is 13.3 Å². The van der Waals surface area contributed by atoms with Crippen LogP contribution < -0.4 is 10.3 Å². The number of fused-ring (bicyclic) bond motifs is 1. The van der Waals surface area contributed by atoms with E-state index in [9.17, 15) is 18.0 Å². The number of aromatic amines is 1. The van der Waals surface area contributed by atoms with Gasteiger partial charge in [-0.25, -0.2) is 13.4 Å². The van der Waals surface area contributed by atoms with Crippen LogP contribution in [0, 0.1) is 5.92 Å². The number of aromatic nitrogens is 3. The van der Waals surface area contributed by atoms with Gasteiger partial charge in [0.25, 0.3) is 5.56 Å². The first-order chi connectivity index (χ1) is 18.2. The highest BCUT2D eigenvalue weighted by Crippen LogP contribution is 2.33. The van der Waals surface area contributed by atoms with Crippen LogP contribution in [0.2, 0.25) is 0 Å². The van der Waals surface area contributed by atoms with E-state index in [0.717, 1.165) is 18.4 Å². The molecule has 0 spiro atoms. The van der Waals surface area contributed by atoms with E-state index in [2.05, 4.69) is 11.9 Å². The molecular formula is C27H36N4O6S. The molecule has 2 aromatic heterocycles. The van der Waals surface area contributed by atoms with E-state index in [1.54, 1.807) is 17.6 Å². The quantitative estimate of drug-likeness (QED) is 0.387. The number of nitrogens with zero attached hydrogens (tertiary/aromatic N) is 3. The van der Waals surface area contributed by atoms with E-state index < -0.39 is 10.0 Å². The Kier molecular flexibility index (Phi) is 8.57. The summed E-state index contributed by atoms with van der Waals surface area (Å²) in [4.78, 5) is 32.6. The van der Waals surface area contributed by atoms with Gasteiger partial charge in [0.2, 0.25) is 10.0 Å². The Morgan fingerprint density at radius 1 is 1.16 bits per heavy atom. The van der Waals surface area contributed by atoms with Crippen LogP contribution in [0.3, 0.4) is 0 Å². The van der Waals surface area contributed by atoms with E-state index in [-0.39, 0.29) is 28.2 Å². The largest absolute Gasteiger partial charge is 0.493 e. The molecule has 38 heavy (non-hydrogen) atoms. The Labute approximate surface area is 223 Å². The topological polar surface area (TPSA) is 124 Å². The van der Waals surface area contributed by atoms with Crippen molar-refractivity contribution in [3.8, 4) is 17.1 Å². The van der Waals surface area contributed by atoms with Crippen molar-refractivity contribution in [2.24, 2.45) is 13.0 Å². The molecule has 0 atom stereocenters. The van der Waals surface area contributed by atoms with E-state index in [0.29, 0.717) is 67.9 Å². The lowest BCUT2D eigenvalue weighted by molar-refractivity contribution is -0.144. The van der Waals surface area contributed by atoms with Crippen molar-refractivity contribution in [1.29, 1.82) is 0 Å². The monoisotopic (exact) mass is 544 g/mol. The van der Waals surface area contributed by atoms with Crippen LogP contribution in [0.4, 0.5) is 0 Å². The minimum atomic E-state index is -3.81. The number of carbonyl (C=O) groups is 1. The van der Waals surface area contributed by atoms with Crippen molar-refractivity contribution in [1.82, 2.24) is 18.8 Å². The van der Waals surface area contributed by atoms with Crippen molar-refractivity contribution < 1.29 is 22.7 Å². The third kappa shape index (κ3) is 5.63. The maximum atomic E-state index is 13.6. The molecule has 0 aliphatic carbocycles. The first-order valence-corrected chi connectivity index (χ1v) is 14.6. The number of hydrogen-bond donors (Lipinski definition) is 1. The SMILES string of the molecule is CCCc1cn(C)c2c(=O)[nH]c(-c3cc(S(=O)(=O)N4CCC(CC(=O)OCC)CC4)ccc3OCC)nc12. The first kappa shape index (κ1) is 27.8. The lowest BCUT2D eigenvalue weighted by Gasteiger charge is -2.31. The van der Waals surface area contributed by atoms with Crippen molar-refractivity contribution in [3.05, 3.63) is 40.3 Å².